The predicted octanol–water partition coefficient (Wildman–Crippen LogP) is 4.57. The van der Waals surface area contributed by atoms with Crippen molar-refractivity contribution in [3.05, 3.63) is 40.4 Å². The molecule has 0 amide bonds. The first-order valence-electron chi connectivity index (χ1n) is 8.91. The molecule has 158 valence electrons. The lowest BCUT2D eigenvalue weighted by atomic mass is 10.1. The quantitative estimate of drug-likeness (QED) is 0.480. The van der Waals surface area contributed by atoms with Crippen molar-refractivity contribution < 1.29 is 28.1 Å². The van der Waals surface area contributed by atoms with Gasteiger partial charge in [-0.2, -0.15) is 0 Å². The number of benzene rings is 2. The second-order valence-corrected chi connectivity index (χ2v) is 7.60. The van der Waals surface area contributed by atoms with E-state index in [2.05, 4.69) is 10.2 Å². The van der Waals surface area contributed by atoms with Crippen LogP contribution in [0.25, 0.3) is 11.5 Å². The molecule has 0 spiro atoms. The minimum atomic E-state index is 0.220. The molecule has 2 heterocycles. The lowest BCUT2D eigenvalue weighted by Gasteiger charge is -2.20. The molecular weight excluding hydrogens is 432 g/mol. The largest absolute Gasteiger partial charge is 0.493 e. The zero-order chi connectivity index (χ0) is 21.1. The molecule has 1 aliphatic rings. The standard InChI is InChI=1S/C20H19ClN2O6S/c1-24-15-6-11(7-16(25-2)18(15)26-3)19-22-23-20(29-19)30-9-13-5-14(21)4-12-8-27-10-28-17(12)13/h4-7H,8-10H2,1-3H3. The Morgan fingerprint density at radius 2 is 1.80 bits per heavy atom. The summed E-state index contributed by atoms with van der Waals surface area (Å²) >= 11 is 7.61. The fourth-order valence-corrected chi connectivity index (χ4v) is 4.09. The van der Waals surface area contributed by atoms with Crippen LogP contribution < -0.4 is 18.9 Å². The van der Waals surface area contributed by atoms with E-state index in [4.69, 9.17) is 39.7 Å². The van der Waals surface area contributed by atoms with Gasteiger partial charge in [0.15, 0.2) is 18.3 Å². The van der Waals surface area contributed by atoms with Crippen LogP contribution in [-0.4, -0.2) is 38.3 Å². The molecule has 2 aromatic carbocycles. The highest BCUT2D eigenvalue weighted by atomic mass is 35.5. The van der Waals surface area contributed by atoms with Gasteiger partial charge >= 0.3 is 0 Å². The van der Waals surface area contributed by atoms with Crippen LogP contribution in [0.4, 0.5) is 0 Å². The smallest absolute Gasteiger partial charge is 0.277 e. The SMILES string of the molecule is COc1cc(-c2nnc(SCc3cc(Cl)cc4c3OCOC4)o2)cc(OC)c1OC. The van der Waals surface area contributed by atoms with E-state index in [0.717, 1.165) is 16.9 Å². The number of methoxy groups -OCH3 is 3. The average Bonchev–Trinajstić information content (AvgIpc) is 3.25. The minimum Gasteiger partial charge on any atom is -0.493 e. The molecule has 1 aliphatic heterocycles. The van der Waals surface area contributed by atoms with Gasteiger partial charge < -0.3 is 28.1 Å². The molecule has 0 radical (unpaired) electrons. The Bertz CT molecular complexity index is 1030. The van der Waals surface area contributed by atoms with Crippen LogP contribution in [-0.2, 0) is 17.1 Å². The van der Waals surface area contributed by atoms with Crippen molar-refractivity contribution in [1.29, 1.82) is 0 Å². The molecule has 4 rings (SSSR count). The number of ether oxygens (including phenoxy) is 5. The van der Waals surface area contributed by atoms with Gasteiger partial charge in [0.05, 0.1) is 27.9 Å². The zero-order valence-electron chi connectivity index (χ0n) is 16.6. The molecule has 0 unspecified atom stereocenters. The summed E-state index contributed by atoms with van der Waals surface area (Å²) in [6, 6.07) is 7.23. The summed E-state index contributed by atoms with van der Waals surface area (Å²) in [5.74, 6) is 3.19. The first-order chi connectivity index (χ1) is 14.6. The van der Waals surface area contributed by atoms with Crippen molar-refractivity contribution in [3.63, 3.8) is 0 Å². The van der Waals surface area contributed by atoms with Crippen LogP contribution in [0.1, 0.15) is 11.1 Å². The second-order valence-electron chi connectivity index (χ2n) is 6.24. The Morgan fingerprint density at radius 3 is 2.50 bits per heavy atom. The Labute approximate surface area is 182 Å². The van der Waals surface area contributed by atoms with Gasteiger partial charge in [-0.25, -0.2) is 0 Å². The lowest BCUT2D eigenvalue weighted by molar-refractivity contribution is -0.0168. The molecule has 0 aliphatic carbocycles. The third-order valence-electron chi connectivity index (χ3n) is 4.42. The fourth-order valence-electron chi connectivity index (χ4n) is 3.09. The molecule has 0 bridgehead atoms. The highest BCUT2D eigenvalue weighted by molar-refractivity contribution is 7.98. The number of nitrogens with zero attached hydrogens (tertiary/aromatic N) is 2. The van der Waals surface area contributed by atoms with Crippen molar-refractivity contribution in [3.8, 4) is 34.5 Å². The molecule has 3 aromatic rings. The van der Waals surface area contributed by atoms with E-state index in [1.807, 2.05) is 12.1 Å². The van der Waals surface area contributed by atoms with Gasteiger partial charge in [-0.15, -0.1) is 10.2 Å². The maximum absolute atomic E-state index is 6.22. The molecule has 8 nitrogen and oxygen atoms in total. The van der Waals surface area contributed by atoms with Crippen LogP contribution in [0.5, 0.6) is 23.0 Å². The summed E-state index contributed by atoms with van der Waals surface area (Å²) in [4.78, 5) is 0. The topological polar surface area (TPSA) is 85.1 Å². The van der Waals surface area contributed by atoms with Gasteiger partial charge in [0.1, 0.15) is 5.75 Å². The molecule has 0 saturated carbocycles. The van der Waals surface area contributed by atoms with Crippen LogP contribution in [0.2, 0.25) is 5.02 Å². The van der Waals surface area contributed by atoms with Gasteiger partial charge in [-0.05, 0) is 24.3 Å². The van der Waals surface area contributed by atoms with E-state index in [1.165, 1.54) is 11.8 Å². The molecule has 30 heavy (non-hydrogen) atoms. The van der Waals surface area contributed by atoms with Crippen molar-refractivity contribution in [2.75, 3.05) is 28.1 Å². The first-order valence-corrected chi connectivity index (χ1v) is 10.3. The Kier molecular flexibility index (Phi) is 6.21. The van der Waals surface area contributed by atoms with Crippen molar-refractivity contribution >= 4 is 23.4 Å². The van der Waals surface area contributed by atoms with Crippen LogP contribution in [0.3, 0.4) is 0 Å². The highest BCUT2D eigenvalue weighted by Gasteiger charge is 2.20. The number of thioether (sulfide) groups is 1. The van der Waals surface area contributed by atoms with E-state index >= 15 is 0 Å². The summed E-state index contributed by atoms with van der Waals surface area (Å²) in [5, 5.41) is 9.32. The third-order valence-corrected chi connectivity index (χ3v) is 5.51. The fraction of sp³-hybridized carbons (Fsp3) is 0.300. The van der Waals surface area contributed by atoms with E-state index in [-0.39, 0.29) is 6.79 Å². The highest BCUT2D eigenvalue weighted by Crippen LogP contribution is 2.41. The van der Waals surface area contributed by atoms with E-state index in [0.29, 0.717) is 51.3 Å². The number of hydrogen-bond donors (Lipinski definition) is 0. The molecule has 0 fully saturated rings. The Hall–Kier alpha value is -2.62. The minimum absolute atomic E-state index is 0.220. The molecule has 1 aromatic heterocycles. The summed E-state index contributed by atoms with van der Waals surface area (Å²) < 4.78 is 32.9. The van der Waals surface area contributed by atoms with Gasteiger partial charge in [-0.3, -0.25) is 0 Å². The van der Waals surface area contributed by atoms with Crippen molar-refractivity contribution in [1.82, 2.24) is 10.2 Å². The van der Waals surface area contributed by atoms with Gasteiger partial charge in [0.25, 0.3) is 5.22 Å². The predicted molar refractivity (Wildman–Crippen MR) is 111 cm³/mol. The van der Waals surface area contributed by atoms with Crippen LogP contribution in [0.15, 0.2) is 33.9 Å². The summed E-state index contributed by atoms with van der Waals surface area (Å²) in [6.07, 6.45) is 0. The number of halogens is 1. The van der Waals surface area contributed by atoms with Gasteiger partial charge in [0, 0.05) is 27.5 Å². The maximum atomic E-state index is 6.22. The first kappa shape index (κ1) is 20.6. The van der Waals surface area contributed by atoms with Crippen molar-refractivity contribution in [2.24, 2.45) is 0 Å². The average molecular weight is 451 g/mol. The summed E-state index contributed by atoms with van der Waals surface area (Å²) in [5.41, 5.74) is 2.52. The Morgan fingerprint density at radius 1 is 1.03 bits per heavy atom. The van der Waals surface area contributed by atoms with Gasteiger partial charge in [0.2, 0.25) is 11.6 Å². The second kappa shape index (κ2) is 9.03. The summed E-state index contributed by atoms with van der Waals surface area (Å²) in [6.45, 7) is 0.692. The van der Waals surface area contributed by atoms with Crippen molar-refractivity contribution in [2.45, 2.75) is 17.6 Å². The molecule has 0 saturated heterocycles. The van der Waals surface area contributed by atoms with Crippen LogP contribution in [0, 0.1) is 0 Å². The molecule has 0 N–H and O–H groups in total. The number of hydrogen-bond acceptors (Lipinski definition) is 9. The zero-order valence-corrected chi connectivity index (χ0v) is 18.1. The maximum Gasteiger partial charge on any atom is 0.277 e. The third kappa shape index (κ3) is 4.14. The molecule has 0 atom stereocenters. The monoisotopic (exact) mass is 450 g/mol. The molecular formula is C20H19ClN2O6S. The van der Waals surface area contributed by atoms with E-state index in [1.54, 1.807) is 33.5 Å². The number of fused-ring (bicyclic) bond motifs is 1. The van der Waals surface area contributed by atoms with E-state index in [9.17, 15) is 0 Å². The Balaban J connectivity index is 1.55. The normalized spacial score (nSPS) is 12.8. The number of aromatic nitrogens is 2. The van der Waals surface area contributed by atoms with Crippen LogP contribution >= 0.6 is 23.4 Å². The lowest BCUT2D eigenvalue weighted by Crippen LogP contribution is -2.12. The summed E-state index contributed by atoms with van der Waals surface area (Å²) in [7, 11) is 4.65. The van der Waals surface area contributed by atoms with Gasteiger partial charge in [-0.1, -0.05) is 23.4 Å². The van der Waals surface area contributed by atoms with E-state index < -0.39 is 0 Å². The molecule has 10 heteroatoms. The number of rotatable bonds is 7.